The van der Waals surface area contributed by atoms with E-state index in [2.05, 4.69) is 33.8 Å². The number of rotatable bonds is 3. The molecule has 0 rings (SSSR count). The Bertz CT molecular complexity index is 88.2. The summed E-state index contributed by atoms with van der Waals surface area (Å²) < 4.78 is 0. The second-order valence-electron chi connectivity index (χ2n) is 2.77. The van der Waals surface area contributed by atoms with Gasteiger partial charge in [0.15, 0.2) is 0 Å². The predicted molar refractivity (Wildman–Crippen MR) is 43.5 cm³/mol. The molecule has 0 aliphatic heterocycles. The molecule has 0 N–H and O–H groups in total. The highest BCUT2D eigenvalue weighted by atomic mass is 14.0. The summed E-state index contributed by atoms with van der Waals surface area (Å²) in [6.07, 6.45) is 4.79. The monoisotopic (exact) mass is 126 g/mol. The van der Waals surface area contributed by atoms with Crippen molar-refractivity contribution in [1.29, 1.82) is 0 Å². The lowest BCUT2D eigenvalue weighted by molar-refractivity contribution is 0.700. The molecule has 0 bridgehead atoms. The van der Waals surface area contributed by atoms with Gasteiger partial charge in [-0.3, -0.25) is 0 Å². The average Bonchev–Trinajstić information content (AvgIpc) is 1.82. The van der Waals surface area contributed by atoms with E-state index in [9.17, 15) is 0 Å². The minimum Gasteiger partial charge on any atom is -0.0882 e. The van der Waals surface area contributed by atoms with Gasteiger partial charge in [0.1, 0.15) is 0 Å². The highest BCUT2D eigenvalue weighted by Gasteiger charge is 1.98. The van der Waals surface area contributed by atoms with E-state index in [0.717, 1.165) is 5.92 Å². The molecule has 0 radical (unpaired) electrons. The SMILES string of the molecule is C/C=C(\CCC)C(C)C. The Labute approximate surface area is 59.0 Å². The molecule has 0 fully saturated rings. The molecule has 0 saturated carbocycles. The van der Waals surface area contributed by atoms with Crippen molar-refractivity contribution in [2.24, 2.45) is 5.92 Å². The lowest BCUT2D eigenvalue weighted by Crippen LogP contribution is -1.92. The van der Waals surface area contributed by atoms with Crippen LogP contribution in [0.4, 0.5) is 0 Å². The summed E-state index contributed by atoms with van der Waals surface area (Å²) >= 11 is 0. The smallest absolute Gasteiger partial charge is 0.0260 e. The highest BCUT2D eigenvalue weighted by Crippen LogP contribution is 2.14. The van der Waals surface area contributed by atoms with Crippen LogP contribution in [0.3, 0.4) is 0 Å². The van der Waals surface area contributed by atoms with Crippen LogP contribution in [0.15, 0.2) is 11.6 Å². The molecule has 0 aliphatic carbocycles. The quantitative estimate of drug-likeness (QED) is 0.508. The van der Waals surface area contributed by atoms with E-state index in [4.69, 9.17) is 0 Å². The third-order valence-electron chi connectivity index (χ3n) is 1.65. The van der Waals surface area contributed by atoms with E-state index >= 15 is 0 Å². The third kappa shape index (κ3) is 3.34. The van der Waals surface area contributed by atoms with Crippen LogP contribution in [0.1, 0.15) is 40.5 Å². The van der Waals surface area contributed by atoms with Crippen molar-refractivity contribution in [2.45, 2.75) is 40.5 Å². The second kappa shape index (κ2) is 4.60. The predicted octanol–water partition coefficient (Wildman–Crippen LogP) is 3.39. The van der Waals surface area contributed by atoms with E-state index in [1.165, 1.54) is 12.8 Å². The molecule has 0 nitrogen and oxygen atoms in total. The average molecular weight is 126 g/mol. The van der Waals surface area contributed by atoms with Gasteiger partial charge in [-0.2, -0.15) is 0 Å². The molecule has 0 saturated heterocycles. The maximum Gasteiger partial charge on any atom is -0.0260 e. The molecular formula is C9H18. The van der Waals surface area contributed by atoms with Crippen molar-refractivity contribution in [3.63, 3.8) is 0 Å². The zero-order valence-electron chi connectivity index (χ0n) is 7.07. The summed E-state index contributed by atoms with van der Waals surface area (Å²) in [7, 11) is 0. The van der Waals surface area contributed by atoms with Gasteiger partial charge in [-0.25, -0.2) is 0 Å². The number of allylic oxidation sites excluding steroid dienone is 2. The maximum atomic E-state index is 2.25. The standard InChI is InChI=1S/C9H18/c1-5-7-9(6-2)8(3)4/h6,8H,5,7H2,1-4H3/b9-6+. The fourth-order valence-electron chi connectivity index (χ4n) is 1.06. The Kier molecular flexibility index (Phi) is 4.47. The summed E-state index contributed by atoms with van der Waals surface area (Å²) in [6, 6.07) is 0. The van der Waals surface area contributed by atoms with E-state index in [-0.39, 0.29) is 0 Å². The van der Waals surface area contributed by atoms with Gasteiger partial charge in [-0.05, 0) is 19.3 Å². The van der Waals surface area contributed by atoms with Gasteiger partial charge < -0.3 is 0 Å². The van der Waals surface area contributed by atoms with Crippen LogP contribution in [0, 0.1) is 5.92 Å². The lowest BCUT2D eigenvalue weighted by Gasteiger charge is -2.07. The van der Waals surface area contributed by atoms with Gasteiger partial charge in [0.05, 0.1) is 0 Å². The highest BCUT2D eigenvalue weighted by molar-refractivity contribution is 5.02. The molecule has 0 aromatic rings. The maximum absolute atomic E-state index is 2.25. The second-order valence-corrected chi connectivity index (χ2v) is 2.77. The summed E-state index contributed by atoms with van der Waals surface area (Å²) in [5.74, 6) is 0.745. The summed E-state index contributed by atoms with van der Waals surface area (Å²) in [5.41, 5.74) is 1.59. The zero-order chi connectivity index (χ0) is 7.28. The fourth-order valence-corrected chi connectivity index (χ4v) is 1.06. The number of hydrogen-bond acceptors (Lipinski definition) is 0. The Morgan fingerprint density at radius 3 is 2.11 bits per heavy atom. The van der Waals surface area contributed by atoms with Gasteiger partial charge >= 0.3 is 0 Å². The van der Waals surface area contributed by atoms with Gasteiger partial charge in [-0.1, -0.05) is 38.8 Å². The van der Waals surface area contributed by atoms with Crippen LogP contribution < -0.4 is 0 Å². The van der Waals surface area contributed by atoms with Crippen molar-refractivity contribution in [1.82, 2.24) is 0 Å². The molecule has 0 atom stereocenters. The van der Waals surface area contributed by atoms with Gasteiger partial charge in [-0.15, -0.1) is 0 Å². The molecule has 0 aromatic carbocycles. The lowest BCUT2D eigenvalue weighted by atomic mass is 9.99. The third-order valence-corrected chi connectivity index (χ3v) is 1.65. The molecule has 0 aromatic heterocycles. The molecule has 0 spiro atoms. The molecule has 0 amide bonds. The first-order valence-electron chi connectivity index (χ1n) is 3.87. The van der Waals surface area contributed by atoms with Crippen molar-refractivity contribution in [3.8, 4) is 0 Å². The first-order chi connectivity index (χ1) is 4.22. The molecule has 0 heteroatoms. The van der Waals surface area contributed by atoms with Crippen LogP contribution in [-0.4, -0.2) is 0 Å². The van der Waals surface area contributed by atoms with Crippen molar-refractivity contribution in [3.05, 3.63) is 11.6 Å². The normalized spacial score (nSPS) is 12.8. The van der Waals surface area contributed by atoms with E-state index in [1.54, 1.807) is 5.57 Å². The van der Waals surface area contributed by atoms with E-state index in [0.29, 0.717) is 0 Å². The molecule has 9 heavy (non-hydrogen) atoms. The Balaban J connectivity index is 3.70. The first kappa shape index (κ1) is 8.74. The Morgan fingerprint density at radius 2 is 2.00 bits per heavy atom. The summed E-state index contributed by atoms with van der Waals surface area (Å²) in [6.45, 7) is 8.87. The van der Waals surface area contributed by atoms with Crippen LogP contribution in [-0.2, 0) is 0 Å². The van der Waals surface area contributed by atoms with Gasteiger partial charge in [0, 0.05) is 0 Å². The number of hydrogen-bond donors (Lipinski definition) is 0. The fraction of sp³-hybridized carbons (Fsp3) is 0.778. The summed E-state index contributed by atoms with van der Waals surface area (Å²) in [4.78, 5) is 0. The van der Waals surface area contributed by atoms with E-state index in [1.807, 2.05) is 0 Å². The molecule has 0 heterocycles. The first-order valence-corrected chi connectivity index (χ1v) is 3.87. The van der Waals surface area contributed by atoms with Crippen molar-refractivity contribution in [2.75, 3.05) is 0 Å². The Morgan fingerprint density at radius 1 is 1.44 bits per heavy atom. The zero-order valence-corrected chi connectivity index (χ0v) is 7.07. The van der Waals surface area contributed by atoms with Gasteiger partial charge in [0.25, 0.3) is 0 Å². The minimum atomic E-state index is 0.745. The summed E-state index contributed by atoms with van der Waals surface area (Å²) in [5, 5.41) is 0. The van der Waals surface area contributed by atoms with E-state index < -0.39 is 0 Å². The molecule has 0 unspecified atom stereocenters. The van der Waals surface area contributed by atoms with Gasteiger partial charge in [0.2, 0.25) is 0 Å². The molecular weight excluding hydrogens is 108 g/mol. The van der Waals surface area contributed by atoms with Crippen LogP contribution in [0.25, 0.3) is 0 Å². The van der Waals surface area contributed by atoms with Crippen LogP contribution in [0.5, 0.6) is 0 Å². The van der Waals surface area contributed by atoms with Crippen LogP contribution >= 0.6 is 0 Å². The Hall–Kier alpha value is -0.260. The molecule has 0 aliphatic rings. The topological polar surface area (TPSA) is 0 Å². The largest absolute Gasteiger partial charge is 0.0882 e. The van der Waals surface area contributed by atoms with Crippen molar-refractivity contribution >= 4 is 0 Å². The molecule has 54 valence electrons. The van der Waals surface area contributed by atoms with Crippen LogP contribution in [0.2, 0.25) is 0 Å². The minimum absolute atomic E-state index is 0.745. The van der Waals surface area contributed by atoms with Crippen molar-refractivity contribution < 1.29 is 0 Å².